The standard InChI is InChI=1S/C17H18N2O4/c1-13-4-5-14(23-13)6-7-16(20)18-8-10-19(11-9-18)17(21)15-3-2-12-22-15/h2-7,12H,8-11H2,1H3. The Morgan fingerprint density at radius 2 is 1.83 bits per heavy atom. The first-order valence-corrected chi connectivity index (χ1v) is 7.50. The zero-order valence-corrected chi connectivity index (χ0v) is 12.9. The molecule has 6 nitrogen and oxygen atoms in total. The minimum atomic E-state index is -0.135. The molecule has 0 saturated carbocycles. The summed E-state index contributed by atoms with van der Waals surface area (Å²) < 4.78 is 10.5. The lowest BCUT2D eigenvalue weighted by atomic mass is 10.2. The number of carbonyl (C=O) groups is 2. The van der Waals surface area contributed by atoms with E-state index in [-0.39, 0.29) is 11.8 Å². The van der Waals surface area contributed by atoms with Gasteiger partial charge in [-0.3, -0.25) is 9.59 Å². The average molecular weight is 314 g/mol. The second kappa shape index (κ2) is 6.56. The van der Waals surface area contributed by atoms with Crippen LogP contribution in [0.5, 0.6) is 0 Å². The lowest BCUT2D eigenvalue weighted by Gasteiger charge is -2.33. The molecule has 2 amide bonds. The van der Waals surface area contributed by atoms with E-state index >= 15 is 0 Å². The third-order valence-corrected chi connectivity index (χ3v) is 3.76. The number of furan rings is 2. The topological polar surface area (TPSA) is 66.9 Å². The van der Waals surface area contributed by atoms with Crippen molar-refractivity contribution < 1.29 is 18.4 Å². The van der Waals surface area contributed by atoms with E-state index in [2.05, 4.69) is 0 Å². The Balaban J connectivity index is 1.53. The van der Waals surface area contributed by atoms with Crippen molar-refractivity contribution in [1.29, 1.82) is 0 Å². The molecule has 1 saturated heterocycles. The molecule has 23 heavy (non-hydrogen) atoms. The van der Waals surface area contributed by atoms with Crippen molar-refractivity contribution in [2.45, 2.75) is 6.92 Å². The van der Waals surface area contributed by atoms with Crippen molar-refractivity contribution in [2.24, 2.45) is 0 Å². The highest BCUT2D eigenvalue weighted by Crippen LogP contribution is 2.11. The van der Waals surface area contributed by atoms with Gasteiger partial charge in [-0.2, -0.15) is 0 Å². The quantitative estimate of drug-likeness (QED) is 0.814. The van der Waals surface area contributed by atoms with Crippen molar-refractivity contribution >= 4 is 17.9 Å². The van der Waals surface area contributed by atoms with Gasteiger partial charge in [-0.05, 0) is 37.3 Å². The molecule has 6 heteroatoms. The molecule has 1 aliphatic rings. The maximum absolute atomic E-state index is 12.2. The highest BCUT2D eigenvalue weighted by atomic mass is 16.3. The van der Waals surface area contributed by atoms with E-state index in [1.165, 1.54) is 12.3 Å². The number of piperazine rings is 1. The molecule has 0 radical (unpaired) electrons. The number of nitrogens with zero attached hydrogens (tertiary/aromatic N) is 2. The molecule has 1 aliphatic heterocycles. The van der Waals surface area contributed by atoms with E-state index in [9.17, 15) is 9.59 Å². The van der Waals surface area contributed by atoms with E-state index in [4.69, 9.17) is 8.83 Å². The van der Waals surface area contributed by atoms with Gasteiger partial charge in [-0.15, -0.1) is 0 Å². The monoisotopic (exact) mass is 314 g/mol. The number of hydrogen-bond donors (Lipinski definition) is 0. The molecule has 0 aromatic carbocycles. The average Bonchev–Trinajstić information content (AvgIpc) is 3.24. The molecule has 0 unspecified atom stereocenters. The fourth-order valence-electron chi connectivity index (χ4n) is 2.49. The summed E-state index contributed by atoms with van der Waals surface area (Å²) in [5.41, 5.74) is 0. The summed E-state index contributed by atoms with van der Waals surface area (Å²) in [6.45, 7) is 3.87. The second-order valence-electron chi connectivity index (χ2n) is 5.38. The molecule has 1 fully saturated rings. The number of aryl methyl sites for hydroxylation is 1. The first kappa shape index (κ1) is 15.1. The largest absolute Gasteiger partial charge is 0.462 e. The fourth-order valence-corrected chi connectivity index (χ4v) is 2.49. The van der Waals surface area contributed by atoms with Crippen LogP contribution in [-0.4, -0.2) is 47.8 Å². The molecule has 3 rings (SSSR count). The lowest BCUT2D eigenvalue weighted by molar-refractivity contribution is -0.127. The van der Waals surface area contributed by atoms with Crippen molar-refractivity contribution in [3.63, 3.8) is 0 Å². The zero-order chi connectivity index (χ0) is 16.2. The molecule has 0 N–H and O–H groups in total. The molecule has 3 heterocycles. The van der Waals surface area contributed by atoms with Gasteiger partial charge in [0.25, 0.3) is 5.91 Å². The Morgan fingerprint density at radius 3 is 2.43 bits per heavy atom. The van der Waals surface area contributed by atoms with Gasteiger partial charge in [0.1, 0.15) is 11.5 Å². The molecule has 0 aliphatic carbocycles. The first-order chi connectivity index (χ1) is 11.1. The van der Waals surface area contributed by atoms with Crippen LogP contribution < -0.4 is 0 Å². The fraction of sp³-hybridized carbons (Fsp3) is 0.294. The van der Waals surface area contributed by atoms with Crippen LogP contribution in [0.1, 0.15) is 22.1 Å². The maximum Gasteiger partial charge on any atom is 0.289 e. The Hall–Kier alpha value is -2.76. The van der Waals surface area contributed by atoms with Gasteiger partial charge >= 0.3 is 0 Å². The van der Waals surface area contributed by atoms with Crippen molar-refractivity contribution in [1.82, 2.24) is 9.80 Å². The molecule has 2 aromatic rings. The first-order valence-electron chi connectivity index (χ1n) is 7.50. The van der Waals surface area contributed by atoms with Gasteiger partial charge in [0.15, 0.2) is 5.76 Å². The van der Waals surface area contributed by atoms with E-state index in [1.54, 1.807) is 28.0 Å². The number of hydrogen-bond acceptors (Lipinski definition) is 4. The second-order valence-corrected chi connectivity index (χ2v) is 5.38. The Morgan fingerprint density at radius 1 is 1.09 bits per heavy atom. The van der Waals surface area contributed by atoms with Gasteiger partial charge in [0.05, 0.1) is 6.26 Å². The minimum Gasteiger partial charge on any atom is -0.462 e. The summed E-state index contributed by atoms with van der Waals surface area (Å²) in [6, 6.07) is 7.00. The SMILES string of the molecule is Cc1ccc(C=CC(=O)N2CCN(C(=O)c3ccco3)CC2)o1. The normalized spacial score (nSPS) is 15.3. The molecule has 0 bridgehead atoms. The third-order valence-electron chi connectivity index (χ3n) is 3.76. The highest BCUT2D eigenvalue weighted by Gasteiger charge is 2.25. The summed E-state index contributed by atoms with van der Waals surface area (Å²) in [7, 11) is 0. The molecule has 2 aromatic heterocycles. The number of carbonyl (C=O) groups excluding carboxylic acids is 2. The highest BCUT2D eigenvalue weighted by molar-refractivity contribution is 5.93. The number of amides is 2. The Labute approximate surface area is 134 Å². The van der Waals surface area contributed by atoms with E-state index in [0.29, 0.717) is 37.7 Å². The predicted molar refractivity (Wildman–Crippen MR) is 83.7 cm³/mol. The minimum absolute atomic E-state index is 0.0795. The van der Waals surface area contributed by atoms with Gasteiger partial charge < -0.3 is 18.6 Å². The van der Waals surface area contributed by atoms with Crippen molar-refractivity contribution in [3.8, 4) is 0 Å². The van der Waals surface area contributed by atoms with Gasteiger partial charge in [0, 0.05) is 32.3 Å². The zero-order valence-electron chi connectivity index (χ0n) is 12.9. The van der Waals surface area contributed by atoms with E-state index in [1.807, 2.05) is 19.1 Å². The van der Waals surface area contributed by atoms with Gasteiger partial charge in [-0.1, -0.05) is 0 Å². The summed E-state index contributed by atoms with van der Waals surface area (Å²) in [4.78, 5) is 27.7. The van der Waals surface area contributed by atoms with Crippen molar-refractivity contribution in [2.75, 3.05) is 26.2 Å². The maximum atomic E-state index is 12.2. The lowest BCUT2D eigenvalue weighted by Crippen LogP contribution is -2.50. The summed E-state index contributed by atoms with van der Waals surface area (Å²) in [5, 5.41) is 0. The van der Waals surface area contributed by atoms with Crippen LogP contribution in [0, 0.1) is 6.92 Å². The molecular formula is C17H18N2O4. The van der Waals surface area contributed by atoms with E-state index in [0.717, 1.165) is 5.76 Å². The summed E-state index contributed by atoms with van der Waals surface area (Å²) in [6.07, 6.45) is 4.64. The molecular weight excluding hydrogens is 296 g/mol. The third kappa shape index (κ3) is 3.53. The molecule has 0 spiro atoms. The van der Waals surface area contributed by atoms with E-state index < -0.39 is 0 Å². The van der Waals surface area contributed by atoms with Crippen LogP contribution in [0.25, 0.3) is 6.08 Å². The Kier molecular flexibility index (Phi) is 4.32. The predicted octanol–water partition coefficient (Wildman–Crippen LogP) is 2.18. The van der Waals surface area contributed by atoms with Gasteiger partial charge in [-0.25, -0.2) is 0 Å². The van der Waals surface area contributed by atoms with Crippen LogP contribution in [0.15, 0.2) is 45.4 Å². The van der Waals surface area contributed by atoms with Crippen LogP contribution in [0.4, 0.5) is 0 Å². The van der Waals surface area contributed by atoms with Crippen molar-refractivity contribution in [3.05, 3.63) is 53.9 Å². The van der Waals surface area contributed by atoms with Crippen LogP contribution in [0.3, 0.4) is 0 Å². The Bertz CT molecular complexity index is 707. The smallest absolute Gasteiger partial charge is 0.289 e. The van der Waals surface area contributed by atoms with Crippen LogP contribution in [0.2, 0.25) is 0 Å². The van der Waals surface area contributed by atoms with Crippen LogP contribution >= 0.6 is 0 Å². The molecule has 0 atom stereocenters. The van der Waals surface area contributed by atoms with Gasteiger partial charge in [0.2, 0.25) is 5.91 Å². The van der Waals surface area contributed by atoms with Crippen LogP contribution in [-0.2, 0) is 4.79 Å². The summed E-state index contributed by atoms with van der Waals surface area (Å²) >= 11 is 0. The summed E-state index contributed by atoms with van der Waals surface area (Å²) in [5.74, 6) is 1.58. The number of rotatable bonds is 3. The molecule has 120 valence electrons.